The monoisotopic (exact) mass is 398 g/mol. The first-order valence-corrected chi connectivity index (χ1v) is 9.75. The highest BCUT2D eigenvalue weighted by Crippen LogP contribution is 2.32. The first-order chi connectivity index (χ1) is 13.4. The molecule has 1 aromatic heterocycles. The number of thiophene rings is 1. The molecular weight excluding hydrogens is 376 g/mol. The van der Waals surface area contributed by atoms with E-state index in [4.69, 9.17) is 4.74 Å². The van der Waals surface area contributed by atoms with Crippen LogP contribution < -0.4 is 15.4 Å². The second-order valence-corrected chi connectivity index (χ2v) is 7.57. The maximum absolute atomic E-state index is 12.2. The van der Waals surface area contributed by atoms with Crippen LogP contribution in [0.15, 0.2) is 54.6 Å². The quantitative estimate of drug-likeness (QED) is 0.556. The summed E-state index contributed by atoms with van der Waals surface area (Å²) < 4.78 is 6.48. The molecule has 3 aromatic rings. The maximum atomic E-state index is 12.2. The van der Waals surface area contributed by atoms with Crippen molar-refractivity contribution in [3.63, 3.8) is 0 Å². The number of para-hydroxylation sites is 2. The number of aliphatic hydroxyl groups is 1. The average Bonchev–Trinajstić information content (AvgIpc) is 3.13. The van der Waals surface area contributed by atoms with E-state index in [1.165, 1.54) is 11.3 Å². The number of fused-ring (bicyclic) bond motifs is 1. The Labute approximate surface area is 167 Å². The highest BCUT2D eigenvalue weighted by molar-refractivity contribution is 7.19. The number of anilines is 1. The topological polar surface area (TPSA) is 87.7 Å². The normalized spacial score (nSPS) is 13.0. The van der Waals surface area contributed by atoms with Crippen LogP contribution >= 0.6 is 11.3 Å². The van der Waals surface area contributed by atoms with Crippen molar-refractivity contribution in [1.29, 1.82) is 0 Å². The molecule has 3 N–H and O–H groups in total. The lowest BCUT2D eigenvalue weighted by Crippen LogP contribution is -2.43. The van der Waals surface area contributed by atoms with Crippen molar-refractivity contribution in [2.45, 2.75) is 19.4 Å². The van der Waals surface area contributed by atoms with Gasteiger partial charge in [0.15, 0.2) is 0 Å². The van der Waals surface area contributed by atoms with Gasteiger partial charge in [0.1, 0.15) is 11.4 Å². The van der Waals surface area contributed by atoms with Crippen molar-refractivity contribution in [2.24, 2.45) is 0 Å². The number of hydrogen-bond donors (Lipinski definition) is 3. The maximum Gasteiger partial charge on any atom is 0.313 e. The number of rotatable bonds is 6. The van der Waals surface area contributed by atoms with Gasteiger partial charge in [0.05, 0.1) is 18.8 Å². The van der Waals surface area contributed by atoms with Gasteiger partial charge in [-0.1, -0.05) is 30.3 Å². The van der Waals surface area contributed by atoms with E-state index >= 15 is 0 Å². The lowest BCUT2D eigenvalue weighted by molar-refractivity contribution is -0.136. The van der Waals surface area contributed by atoms with Gasteiger partial charge in [0, 0.05) is 9.58 Å². The van der Waals surface area contributed by atoms with Crippen LogP contribution in [0.25, 0.3) is 10.1 Å². The van der Waals surface area contributed by atoms with E-state index in [1.54, 1.807) is 31.2 Å². The van der Waals surface area contributed by atoms with E-state index < -0.39 is 17.4 Å². The van der Waals surface area contributed by atoms with Gasteiger partial charge in [-0.15, -0.1) is 11.3 Å². The number of carbonyl (C=O) groups is 2. The number of amides is 2. The molecule has 28 heavy (non-hydrogen) atoms. The zero-order chi connectivity index (χ0) is 20.1. The Hall–Kier alpha value is -2.90. The SMILES string of the molecule is CCOc1ccccc1NC(=O)C(=O)NC[C@](C)(O)c1cc2ccccc2s1. The predicted octanol–water partition coefficient (Wildman–Crippen LogP) is 3.26. The van der Waals surface area contributed by atoms with Crippen LogP contribution in [-0.4, -0.2) is 30.1 Å². The molecule has 0 bridgehead atoms. The lowest BCUT2D eigenvalue weighted by atomic mass is 10.0. The minimum absolute atomic E-state index is 0.0841. The van der Waals surface area contributed by atoms with Crippen molar-refractivity contribution in [3.05, 3.63) is 59.5 Å². The Morgan fingerprint density at radius 2 is 1.82 bits per heavy atom. The minimum atomic E-state index is -1.29. The molecular formula is C21H22N2O4S. The van der Waals surface area contributed by atoms with E-state index in [0.717, 1.165) is 15.0 Å². The van der Waals surface area contributed by atoms with Gasteiger partial charge >= 0.3 is 11.8 Å². The number of hydrogen-bond acceptors (Lipinski definition) is 5. The number of carbonyl (C=O) groups excluding carboxylic acids is 2. The van der Waals surface area contributed by atoms with Gasteiger partial charge in [0.25, 0.3) is 0 Å². The summed E-state index contributed by atoms with van der Waals surface area (Å²) in [7, 11) is 0. The van der Waals surface area contributed by atoms with Crippen LogP contribution in [0.3, 0.4) is 0 Å². The van der Waals surface area contributed by atoms with Crippen molar-refractivity contribution in [2.75, 3.05) is 18.5 Å². The van der Waals surface area contributed by atoms with Crippen molar-refractivity contribution < 1.29 is 19.4 Å². The van der Waals surface area contributed by atoms with Crippen LogP contribution in [0.1, 0.15) is 18.7 Å². The summed E-state index contributed by atoms with van der Waals surface area (Å²) in [6, 6.07) is 16.6. The standard InChI is InChI=1S/C21H22N2O4S/c1-3-27-16-10-6-5-9-15(16)23-20(25)19(24)22-13-21(2,26)18-12-14-8-4-7-11-17(14)28-18/h4-12,26H,3,13H2,1-2H3,(H,22,24)(H,23,25)/t21-/m0/s1. The smallest absolute Gasteiger partial charge is 0.313 e. The molecule has 0 aliphatic rings. The third kappa shape index (κ3) is 4.49. The zero-order valence-corrected chi connectivity index (χ0v) is 16.5. The fraction of sp³-hybridized carbons (Fsp3) is 0.238. The minimum Gasteiger partial charge on any atom is -0.492 e. The fourth-order valence-corrected chi connectivity index (χ4v) is 3.80. The molecule has 0 aliphatic heterocycles. The molecule has 2 amide bonds. The molecule has 0 aliphatic carbocycles. The summed E-state index contributed by atoms with van der Waals surface area (Å²) in [5.41, 5.74) is -0.871. The largest absolute Gasteiger partial charge is 0.492 e. The van der Waals surface area contributed by atoms with Crippen LogP contribution in [-0.2, 0) is 15.2 Å². The summed E-state index contributed by atoms with van der Waals surface area (Å²) in [6.07, 6.45) is 0. The van der Waals surface area contributed by atoms with Crippen molar-refractivity contribution in [3.8, 4) is 5.75 Å². The van der Waals surface area contributed by atoms with E-state index in [-0.39, 0.29) is 6.54 Å². The second kappa shape index (κ2) is 8.41. The first-order valence-electron chi connectivity index (χ1n) is 8.93. The fourth-order valence-electron chi connectivity index (χ4n) is 2.70. The van der Waals surface area contributed by atoms with Gasteiger partial charge < -0.3 is 20.5 Å². The molecule has 0 fully saturated rings. The van der Waals surface area contributed by atoms with Gasteiger partial charge in [-0.2, -0.15) is 0 Å². The molecule has 1 heterocycles. The van der Waals surface area contributed by atoms with Crippen LogP contribution in [0.2, 0.25) is 0 Å². The van der Waals surface area contributed by atoms with Gasteiger partial charge in [-0.25, -0.2) is 0 Å². The highest BCUT2D eigenvalue weighted by atomic mass is 32.1. The molecule has 3 rings (SSSR count). The van der Waals surface area contributed by atoms with E-state index in [2.05, 4.69) is 10.6 Å². The van der Waals surface area contributed by atoms with Gasteiger partial charge in [0.2, 0.25) is 0 Å². The van der Waals surface area contributed by atoms with Gasteiger partial charge in [-0.05, 0) is 43.5 Å². The Balaban J connectivity index is 1.63. The van der Waals surface area contributed by atoms with Crippen molar-refractivity contribution in [1.82, 2.24) is 5.32 Å². The summed E-state index contributed by atoms with van der Waals surface area (Å²) in [6.45, 7) is 3.80. The Kier molecular flexibility index (Phi) is 5.96. The van der Waals surface area contributed by atoms with Gasteiger partial charge in [-0.3, -0.25) is 9.59 Å². The molecule has 0 saturated heterocycles. The zero-order valence-electron chi connectivity index (χ0n) is 15.7. The third-order valence-electron chi connectivity index (χ3n) is 4.19. The Bertz CT molecular complexity index is 964. The summed E-state index contributed by atoms with van der Waals surface area (Å²) in [4.78, 5) is 25.1. The molecule has 0 unspecified atom stereocenters. The first kappa shape index (κ1) is 19.9. The Morgan fingerprint density at radius 3 is 2.57 bits per heavy atom. The highest BCUT2D eigenvalue weighted by Gasteiger charge is 2.27. The Morgan fingerprint density at radius 1 is 1.11 bits per heavy atom. The lowest BCUT2D eigenvalue weighted by Gasteiger charge is -2.22. The van der Waals surface area contributed by atoms with Crippen LogP contribution in [0.4, 0.5) is 5.69 Å². The number of ether oxygens (including phenoxy) is 1. The van der Waals surface area contributed by atoms with E-state index in [9.17, 15) is 14.7 Å². The second-order valence-electron chi connectivity index (χ2n) is 6.49. The molecule has 7 heteroatoms. The molecule has 1 atom stereocenters. The van der Waals surface area contributed by atoms with E-state index in [1.807, 2.05) is 37.3 Å². The number of nitrogens with one attached hydrogen (secondary N) is 2. The number of benzene rings is 2. The van der Waals surface area contributed by atoms with Crippen LogP contribution in [0.5, 0.6) is 5.75 Å². The van der Waals surface area contributed by atoms with Crippen molar-refractivity contribution >= 4 is 38.9 Å². The average molecular weight is 398 g/mol. The summed E-state index contributed by atoms with van der Waals surface area (Å²) in [5.74, 6) is -1.16. The molecule has 2 aromatic carbocycles. The molecule has 6 nitrogen and oxygen atoms in total. The molecule has 0 saturated carbocycles. The summed E-state index contributed by atoms with van der Waals surface area (Å²) >= 11 is 1.46. The third-order valence-corrected chi connectivity index (χ3v) is 5.56. The predicted molar refractivity (Wildman–Crippen MR) is 111 cm³/mol. The van der Waals surface area contributed by atoms with Crippen LogP contribution in [0, 0.1) is 0 Å². The molecule has 146 valence electrons. The summed E-state index contributed by atoms with van der Waals surface area (Å²) in [5, 5.41) is 16.8. The van der Waals surface area contributed by atoms with E-state index in [0.29, 0.717) is 18.0 Å². The molecule has 0 radical (unpaired) electrons. The molecule has 0 spiro atoms.